The molecule has 3 N–H and O–H groups in total. The van der Waals surface area contributed by atoms with E-state index < -0.39 is 0 Å². The van der Waals surface area contributed by atoms with Crippen molar-refractivity contribution in [3.63, 3.8) is 0 Å². The molecule has 0 aliphatic rings. The quantitative estimate of drug-likeness (QED) is 0.375. The van der Waals surface area contributed by atoms with Crippen molar-refractivity contribution in [2.75, 3.05) is 11.9 Å². The van der Waals surface area contributed by atoms with E-state index >= 15 is 0 Å². The van der Waals surface area contributed by atoms with E-state index in [0.717, 1.165) is 24.1 Å². The SMILES string of the molecule is CCOc1ncccc1CN=C(N)Nc1c(CC)cccc1CC.I. The number of nitrogens with zero attached hydrogens (tertiary/aromatic N) is 2. The van der Waals surface area contributed by atoms with Crippen LogP contribution in [0.15, 0.2) is 41.5 Å². The van der Waals surface area contributed by atoms with Crippen LogP contribution in [0.1, 0.15) is 37.5 Å². The number of aryl methyl sites for hydroxylation is 2. The van der Waals surface area contributed by atoms with Crippen LogP contribution < -0.4 is 15.8 Å². The summed E-state index contributed by atoms with van der Waals surface area (Å²) in [6.07, 6.45) is 3.60. The van der Waals surface area contributed by atoms with Gasteiger partial charge in [-0.15, -0.1) is 24.0 Å². The standard InChI is InChI=1S/C19H26N4O.HI/c1-4-14-9-7-10-15(5-2)17(14)23-19(20)22-13-16-11-8-12-21-18(16)24-6-3;/h7-12H,4-6,13H2,1-3H3,(H3,20,22,23);1H. The molecule has 6 heteroatoms. The van der Waals surface area contributed by atoms with Gasteiger partial charge in [-0.25, -0.2) is 9.98 Å². The van der Waals surface area contributed by atoms with E-state index in [2.05, 4.69) is 47.3 Å². The first-order valence-electron chi connectivity index (χ1n) is 8.43. The van der Waals surface area contributed by atoms with E-state index in [1.807, 2.05) is 19.1 Å². The number of ether oxygens (including phenoxy) is 1. The number of pyridine rings is 1. The molecule has 0 bridgehead atoms. The molecule has 0 unspecified atom stereocenters. The largest absolute Gasteiger partial charge is 0.478 e. The van der Waals surface area contributed by atoms with Crippen molar-refractivity contribution in [1.82, 2.24) is 4.98 Å². The van der Waals surface area contributed by atoms with E-state index in [1.165, 1.54) is 11.1 Å². The Balaban J connectivity index is 0.00000312. The Morgan fingerprint density at radius 1 is 1.08 bits per heavy atom. The molecule has 5 nitrogen and oxygen atoms in total. The zero-order chi connectivity index (χ0) is 17.4. The molecule has 25 heavy (non-hydrogen) atoms. The van der Waals surface area contributed by atoms with Crippen LogP contribution in [0.5, 0.6) is 5.88 Å². The van der Waals surface area contributed by atoms with Gasteiger partial charge in [-0.2, -0.15) is 0 Å². The predicted octanol–water partition coefficient (Wildman–Crippen LogP) is 4.15. The molecule has 136 valence electrons. The van der Waals surface area contributed by atoms with E-state index in [9.17, 15) is 0 Å². The molecule has 1 aromatic heterocycles. The van der Waals surface area contributed by atoms with E-state index in [-0.39, 0.29) is 24.0 Å². The summed E-state index contributed by atoms with van der Waals surface area (Å²) in [6, 6.07) is 10.1. The molecule has 0 atom stereocenters. The molecule has 0 fully saturated rings. The van der Waals surface area contributed by atoms with Crippen molar-refractivity contribution in [3.8, 4) is 5.88 Å². The molecule has 0 spiro atoms. The van der Waals surface area contributed by atoms with Gasteiger partial charge in [-0.1, -0.05) is 38.1 Å². The van der Waals surface area contributed by atoms with E-state index in [4.69, 9.17) is 10.5 Å². The minimum atomic E-state index is 0. The summed E-state index contributed by atoms with van der Waals surface area (Å²) in [5, 5.41) is 3.27. The normalized spacial score (nSPS) is 10.9. The zero-order valence-corrected chi connectivity index (χ0v) is 17.4. The smallest absolute Gasteiger partial charge is 0.218 e. The number of benzene rings is 1. The van der Waals surface area contributed by atoms with E-state index in [1.54, 1.807) is 6.20 Å². The number of hydrogen-bond donors (Lipinski definition) is 2. The number of halogens is 1. The minimum absolute atomic E-state index is 0. The number of guanidine groups is 1. The van der Waals surface area contributed by atoms with Crippen molar-refractivity contribution in [1.29, 1.82) is 0 Å². The van der Waals surface area contributed by atoms with Gasteiger partial charge in [0.2, 0.25) is 5.88 Å². The fraction of sp³-hybridized carbons (Fsp3) is 0.368. The number of rotatable bonds is 7. The van der Waals surface area contributed by atoms with Crippen LogP contribution in [0, 0.1) is 0 Å². The Morgan fingerprint density at radius 3 is 2.32 bits per heavy atom. The van der Waals surface area contributed by atoms with Crippen molar-refractivity contribution in [3.05, 3.63) is 53.2 Å². The van der Waals surface area contributed by atoms with Gasteiger partial charge in [-0.3, -0.25) is 0 Å². The third-order valence-corrected chi connectivity index (χ3v) is 3.80. The Kier molecular flexibility index (Phi) is 9.26. The molecule has 0 radical (unpaired) electrons. The molecular formula is C19H27IN4O. The summed E-state index contributed by atoms with van der Waals surface area (Å²) in [4.78, 5) is 8.68. The van der Waals surface area contributed by atoms with Gasteiger partial charge in [0.25, 0.3) is 0 Å². The second-order valence-electron chi connectivity index (χ2n) is 5.39. The second-order valence-corrected chi connectivity index (χ2v) is 5.39. The third-order valence-electron chi connectivity index (χ3n) is 3.80. The summed E-state index contributed by atoms with van der Waals surface area (Å²) in [5.74, 6) is 1.01. The molecular weight excluding hydrogens is 427 g/mol. The Labute approximate surface area is 167 Å². The highest BCUT2D eigenvalue weighted by atomic mass is 127. The fourth-order valence-electron chi connectivity index (χ4n) is 2.55. The maximum Gasteiger partial charge on any atom is 0.218 e. The monoisotopic (exact) mass is 454 g/mol. The number of aromatic nitrogens is 1. The van der Waals surface area contributed by atoms with Crippen molar-refractivity contribution in [2.24, 2.45) is 10.7 Å². The molecule has 0 saturated carbocycles. The van der Waals surface area contributed by atoms with Crippen molar-refractivity contribution < 1.29 is 4.74 Å². The van der Waals surface area contributed by atoms with Crippen molar-refractivity contribution in [2.45, 2.75) is 40.2 Å². The van der Waals surface area contributed by atoms with Crippen molar-refractivity contribution >= 4 is 35.6 Å². The number of hydrogen-bond acceptors (Lipinski definition) is 3. The van der Waals surface area contributed by atoms with Crippen LogP contribution in [0.2, 0.25) is 0 Å². The lowest BCUT2D eigenvalue weighted by atomic mass is 10.0. The summed E-state index contributed by atoms with van der Waals surface area (Å²) in [6.45, 7) is 7.21. The van der Waals surface area contributed by atoms with Crippen LogP contribution in [0.25, 0.3) is 0 Å². The highest BCUT2D eigenvalue weighted by Crippen LogP contribution is 2.22. The van der Waals surface area contributed by atoms with E-state index in [0.29, 0.717) is 25.0 Å². The Hall–Kier alpha value is -1.83. The molecule has 1 aromatic carbocycles. The first kappa shape index (κ1) is 21.2. The number of para-hydroxylation sites is 1. The zero-order valence-electron chi connectivity index (χ0n) is 15.1. The lowest BCUT2D eigenvalue weighted by Crippen LogP contribution is -2.24. The van der Waals surface area contributed by atoms with Gasteiger partial charge < -0.3 is 15.8 Å². The Morgan fingerprint density at radius 2 is 1.72 bits per heavy atom. The molecule has 0 saturated heterocycles. The molecule has 2 rings (SSSR count). The maximum atomic E-state index is 6.10. The maximum absolute atomic E-state index is 6.10. The van der Waals surface area contributed by atoms with Crippen LogP contribution in [0.4, 0.5) is 5.69 Å². The second kappa shape index (κ2) is 10.9. The lowest BCUT2D eigenvalue weighted by molar-refractivity contribution is 0.323. The van der Waals surface area contributed by atoms with Gasteiger partial charge in [0.1, 0.15) is 0 Å². The van der Waals surface area contributed by atoms with Crippen LogP contribution >= 0.6 is 24.0 Å². The van der Waals surface area contributed by atoms with Gasteiger partial charge in [0, 0.05) is 17.4 Å². The highest BCUT2D eigenvalue weighted by Gasteiger charge is 2.08. The number of anilines is 1. The minimum Gasteiger partial charge on any atom is -0.478 e. The van der Waals surface area contributed by atoms with Gasteiger partial charge in [0.05, 0.1) is 13.2 Å². The number of aliphatic imine (C=N–C) groups is 1. The summed E-state index contributed by atoms with van der Waals surface area (Å²) < 4.78 is 5.52. The first-order chi connectivity index (χ1) is 11.7. The molecule has 2 aromatic rings. The summed E-state index contributed by atoms with van der Waals surface area (Å²) in [5.41, 5.74) is 10.6. The summed E-state index contributed by atoms with van der Waals surface area (Å²) >= 11 is 0. The van der Waals surface area contributed by atoms with Gasteiger partial charge in [-0.05, 0) is 37.0 Å². The van der Waals surface area contributed by atoms with Crippen LogP contribution in [0.3, 0.4) is 0 Å². The highest BCUT2D eigenvalue weighted by molar-refractivity contribution is 14.0. The van der Waals surface area contributed by atoms with Gasteiger partial charge in [0.15, 0.2) is 5.96 Å². The lowest BCUT2D eigenvalue weighted by Gasteiger charge is -2.15. The third kappa shape index (κ3) is 5.88. The summed E-state index contributed by atoms with van der Waals surface area (Å²) in [7, 11) is 0. The topological polar surface area (TPSA) is 72.5 Å². The molecule has 1 heterocycles. The average molecular weight is 454 g/mol. The van der Waals surface area contributed by atoms with Gasteiger partial charge >= 0.3 is 0 Å². The molecule has 0 aliphatic carbocycles. The molecule has 0 aliphatic heterocycles. The molecule has 0 amide bonds. The number of nitrogens with two attached hydrogens (primary N) is 1. The predicted molar refractivity (Wildman–Crippen MR) is 115 cm³/mol. The average Bonchev–Trinajstić information content (AvgIpc) is 2.61. The first-order valence-corrected chi connectivity index (χ1v) is 8.43. The Bertz CT molecular complexity index is 681. The van der Waals surface area contributed by atoms with Crippen LogP contribution in [-0.2, 0) is 19.4 Å². The van der Waals surface area contributed by atoms with Crippen LogP contribution in [-0.4, -0.2) is 17.6 Å². The number of nitrogens with one attached hydrogen (secondary N) is 1. The fourth-order valence-corrected chi connectivity index (χ4v) is 2.55.